The van der Waals surface area contributed by atoms with Crippen LogP contribution in [0.2, 0.25) is 0 Å². The molecule has 5 nitrogen and oxygen atoms in total. The van der Waals surface area contributed by atoms with Crippen molar-refractivity contribution in [3.8, 4) is 0 Å². The molecule has 0 spiro atoms. The summed E-state index contributed by atoms with van der Waals surface area (Å²) in [5.74, 6) is 0.802. The maximum Gasteiger partial charge on any atom is 0.287 e. The zero-order chi connectivity index (χ0) is 21.1. The molecule has 0 bridgehead atoms. The highest BCUT2D eigenvalue weighted by Gasteiger charge is 2.21. The summed E-state index contributed by atoms with van der Waals surface area (Å²) in [6.45, 7) is 2.42. The van der Waals surface area contributed by atoms with Crippen molar-refractivity contribution in [2.24, 2.45) is 0 Å². The number of thiazole rings is 1. The minimum absolute atomic E-state index is 0.202. The molecular formula is C23H23N3O2S2. The average molecular weight is 438 g/mol. The summed E-state index contributed by atoms with van der Waals surface area (Å²) in [6.07, 6.45) is 0. The van der Waals surface area contributed by atoms with Gasteiger partial charge < -0.3 is 14.6 Å². The number of fused-ring (bicyclic) bond motifs is 1. The molecule has 0 aliphatic rings. The van der Waals surface area contributed by atoms with Crippen LogP contribution in [0.25, 0.3) is 11.0 Å². The van der Waals surface area contributed by atoms with Crippen LogP contribution in [0.15, 0.2) is 62.7 Å². The maximum absolute atomic E-state index is 13.0. The SMILES string of the molecule is Cc1csc(SCc2c(C(=O)NCc3cccc(N(C)C)c3)oc3ccccc23)n1. The predicted octanol–water partition coefficient (Wildman–Crippen LogP) is 5.49. The van der Waals surface area contributed by atoms with E-state index in [1.165, 1.54) is 0 Å². The Morgan fingerprint density at radius 3 is 2.80 bits per heavy atom. The number of thioether (sulfide) groups is 1. The normalized spacial score (nSPS) is 11.0. The number of hydrogen-bond donors (Lipinski definition) is 1. The minimum Gasteiger partial charge on any atom is -0.451 e. The van der Waals surface area contributed by atoms with E-state index in [-0.39, 0.29) is 5.91 Å². The third-order valence-electron chi connectivity index (χ3n) is 4.72. The molecule has 0 aliphatic heterocycles. The molecule has 4 aromatic rings. The van der Waals surface area contributed by atoms with E-state index in [1.807, 2.05) is 73.8 Å². The van der Waals surface area contributed by atoms with Crippen molar-refractivity contribution in [1.82, 2.24) is 10.3 Å². The monoisotopic (exact) mass is 437 g/mol. The van der Waals surface area contributed by atoms with Crippen LogP contribution < -0.4 is 10.2 Å². The fourth-order valence-corrected chi connectivity index (χ4v) is 5.04. The Kier molecular flexibility index (Phi) is 6.11. The molecule has 0 fully saturated rings. The van der Waals surface area contributed by atoms with E-state index in [1.54, 1.807) is 23.1 Å². The number of hydrogen-bond acceptors (Lipinski definition) is 6. The number of benzene rings is 2. The van der Waals surface area contributed by atoms with Crippen molar-refractivity contribution < 1.29 is 9.21 Å². The first-order chi connectivity index (χ1) is 14.5. The summed E-state index contributed by atoms with van der Waals surface area (Å²) < 4.78 is 6.94. The van der Waals surface area contributed by atoms with Crippen LogP contribution in [0.5, 0.6) is 0 Å². The van der Waals surface area contributed by atoms with E-state index in [2.05, 4.69) is 16.4 Å². The van der Waals surface area contributed by atoms with Gasteiger partial charge >= 0.3 is 0 Å². The second kappa shape index (κ2) is 8.93. The van der Waals surface area contributed by atoms with Crippen molar-refractivity contribution in [3.63, 3.8) is 0 Å². The summed E-state index contributed by atoms with van der Waals surface area (Å²) in [6, 6.07) is 15.9. The fourth-order valence-electron chi connectivity index (χ4n) is 3.17. The molecule has 30 heavy (non-hydrogen) atoms. The van der Waals surface area contributed by atoms with Crippen molar-refractivity contribution in [3.05, 3.63) is 76.5 Å². The number of aromatic nitrogens is 1. The van der Waals surface area contributed by atoms with Gasteiger partial charge in [-0.1, -0.05) is 42.1 Å². The summed E-state index contributed by atoms with van der Waals surface area (Å²) >= 11 is 3.25. The van der Waals surface area contributed by atoms with E-state index in [9.17, 15) is 4.79 Å². The Morgan fingerprint density at radius 1 is 1.20 bits per heavy atom. The predicted molar refractivity (Wildman–Crippen MR) is 125 cm³/mol. The van der Waals surface area contributed by atoms with Gasteiger partial charge in [0.05, 0.1) is 0 Å². The molecule has 0 unspecified atom stereocenters. The van der Waals surface area contributed by atoms with Gasteiger partial charge in [0.1, 0.15) is 9.92 Å². The van der Waals surface area contributed by atoms with Gasteiger partial charge in [0.2, 0.25) is 0 Å². The highest BCUT2D eigenvalue weighted by atomic mass is 32.2. The zero-order valence-corrected chi connectivity index (χ0v) is 18.8. The molecular weight excluding hydrogens is 414 g/mol. The zero-order valence-electron chi connectivity index (χ0n) is 17.1. The standard InChI is InChI=1S/C23H23N3O2S2/c1-15-13-29-23(25-15)30-14-19-18-9-4-5-10-20(18)28-21(19)22(27)24-12-16-7-6-8-17(11-16)26(2)3/h4-11,13H,12,14H2,1-3H3,(H,24,27). The van der Waals surface area contributed by atoms with E-state index in [0.29, 0.717) is 18.1 Å². The Labute approximate surface area is 184 Å². The van der Waals surface area contributed by atoms with Crippen LogP contribution in [-0.2, 0) is 12.3 Å². The van der Waals surface area contributed by atoms with Crippen LogP contribution in [0.1, 0.15) is 27.4 Å². The Hall–Kier alpha value is -2.77. The first kappa shape index (κ1) is 20.5. The molecule has 0 aliphatic carbocycles. The lowest BCUT2D eigenvalue weighted by Crippen LogP contribution is -2.23. The minimum atomic E-state index is -0.202. The molecule has 0 saturated heterocycles. The highest BCUT2D eigenvalue weighted by molar-refractivity contribution is 8.00. The van der Waals surface area contributed by atoms with Gasteiger partial charge in [0.15, 0.2) is 5.76 Å². The number of nitrogens with one attached hydrogen (secondary N) is 1. The van der Waals surface area contributed by atoms with Gasteiger partial charge in [-0.2, -0.15) is 0 Å². The largest absolute Gasteiger partial charge is 0.451 e. The Balaban J connectivity index is 1.55. The summed E-state index contributed by atoms with van der Waals surface area (Å²) in [4.78, 5) is 19.6. The van der Waals surface area contributed by atoms with E-state index < -0.39 is 0 Å². The first-order valence-electron chi connectivity index (χ1n) is 9.61. The molecule has 4 rings (SSSR count). The molecule has 2 aromatic heterocycles. The van der Waals surface area contributed by atoms with Gasteiger partial charge in [-0.25, -0.2) is 4.98 Å². The second-order valence-corrected chi connectivity index (χ2v) is 9.28. The van der Waals surface area contributed by atoms with Gasteiger partial charge in [-0.15, -0.1) is 11.3 Å². The van der Waals surface area contributed by atoms with Gasteiger partial charge in [-0.3, -0.25) is 4.79 Å². The third kappa shape index (κ3) is 4.52. The number of furan rings is 1. The Bertz CT molecular complexity index is 1180. The van der Waals surface area contributed by atoms with Crippen LogP contribution >= 0.6 is 23.1 Å². The van der Waals surface area contributed by atoms with Crippen molar-refractivity contribution >= 4 is 45.7 Å². The topological polar surface area (TPSA) is 58.4 Å². The van der Waals surface area contributed by atoms with Crippen molar-refractivity contribution in [2.75, 3.05) is 19.0 Å². The number of carbonyl (C=O) groups is 1. The van der Waals surface area contributed by atoms with Crippen molar-refractivity contribution in [2.45, 2.75) is 23.6 Å². The van der Waals surface area contributed by atoms with Crippen LogP contribution in [0.3, 0.4) is 0 Å². The number of amides is 1. The highest BCUT2D eigenvalue weighted by Crippen LogP contribution is 2.33. The Morgan fingerprint density at radius 2 is 2.03 bits per heavy atom. The van der Waals surface area contributed by atoms with Crippen LogP contribution in [0, 0.1) is 6.92 Å². The molecule has 0 saturated carbocycles. The van der Waals surface area contributed by atoms with Crippen LogP contribution in [0.4, 0.5) is 5.69 Å². The molecule has 1 N–H and O–H groups in total. The number of aryl methyl sites for hydroxylation is 1. The lowest BCUT2D eigenvalue weighted by atomic mass is 10.1. The van der Waals surface area contributed by atoms with Crippen LogP contribution in [-0.4, -0.2) is 25.0 Å². The fraction of sp³-hybridized carbons (Fsp3) is 0.217. The molecule has 0 radical (unpaired) electrons. The van der Waals surface area contributed by atoms with E-state index in [0.717, 1.165) is 37.8 Å². The molecule has 1 amide bonds. The lowest BCUT2D eigenvalue weighted by Gasteiger charge is -2.13. The summed E-state index contributed by atoms with van der Waals surface area (Å²) in [7, 11) is 4.00. The van der Waals surface area contributed by atoms with Gasteiger partial charge in [0, 0.05) is 54.1 Å². The molecule has 2 aromatic carbocycles. The third-order valence-corrected chi connectivity index (χ3v) is 6.89. The van der Waals surface area contributed by atoms with E-state index in [4.69, 9.17) is 4.42 Å². The molecule has 154 valence electrons. The molecule has 0 atom stereocenters. The number of nitrogens with zero attached hydrogens (tertiary/aromatic N) is 2. The smallest absolute Gasteiger partial charge is 0.287 e. The van der Waals surface area contributed by atoms with E-state index >= 15 is 0 Å². The molecule has 2 heterocycles. The first-order valence-corrected chi connectivity index (χ1v) is 11.5. The second-order valence-electron chi connectivity index (χ2n) is 7.20. The van der Waals surface area contributed by atoms with Gasteiger partial charge in [0.25, 0.3) is 5.91 Å². The average Bonchev–Trinajstić information content (AvgIpc) is 3.33. The number of rotatable bonds is 7. The maximum atomic E-state index is 13.0. The number of anilines is 1. The van der Waals surface area contributed by atoms with Crippen molar-refractivity contribution in [1.29, 1.82) is 0 Å². The number of carbonyl (C=O) groups excluding carboxylic acids is 1. The quantitative estimate of drug-likeness (QED) is 0.388. The number of para-hydroxylation sites is 1. The summed E-state index contributed by atoms with van der Waals surface area (Å²) in [5, 5.41) is 6.01. The summed E-state index contributed by atoms with van der Waals surface area (Å²) in [5.41, 5.74) is 4.78. The lowest BCUT2D eigenvalue weighted by molar-refractivity contribution is 0.0924. The molecule has 7 heteroatoms. The van der Waals surface area contributed by atoms with Gasteiger partial charge in [-0.05, 0) is 30.7 Å².